The number of likely N-dealkylation sites (tertiary alicyclic amines) is 1. The van der Waals surface area contributed by atoms with Crippen LogP contribution in [-0.2, 0) is 11.2 Å². The zero-order valence-corrected chi connectivity index (χ0v) is 27.7. The van der Waals surface area contributed by atoms with Crippen LogP contribution in [0, 0.1) is 13.8 Å². The first-order chi connectivity index (χ1) is 20.9. The number of nitrogens with zero attached hydrogens (tertiary/aromatic N) is 4. The second-order valence-electron chi connectivity index (χ2n) is 12.7. The highest BCUT2D eigenvalue weighted by molar-refractivity contribution is 7.20. The van der Waals surface area contributed by atoms with Crippen molar-refractivity contribution in [3.8, 4) is 11.3 Å². The highest BCUT2D eigenvalue weighted by Gasteiger charge is 2.25. The Hall–Kier alpha value is -2.68. The first kappa shape index (κ1) is 31.7. The van der Waals surface area contributed by atoms with Gasteiger partial charge in [0.05, 0.1) is 17.1 Å². The fourth-order valence-electron chi connectivity index (χ4n) is 6.63. The molecule has 1 N–H and O–H groups in total. The van der Waals surface area contributed by atoms with Crippen LogP contribution >= 0.6 is 11.3 Å². The van der Waals surface area contributed by atoms with Gasteiger partial charge in [-0.05, 0) is 75.3 Å². The van der Waals surface area contributed by atoms with Crippen LogP contribution < -0.4 is 0 Å². The van der Waals surface area contributed by atoms with Crippen LogP contribution in [-0.4, -0.2) is 102 Å². The maximum atomic E-state index is 13.7. The van der Waals surface area contributed by atoms with E-state index in [0.29, 0.717) is 12.5 Å². The van der Waals surface area contributed by atoms with Gasteiger partial charge in [-0.3, -0.25) is 14.5 Å². The van der Waals surface area contributed by atoms with Crippen molar-refractivity contribution in [3.63, 3.8) is 0 Å². The zero-order chi connectivity index (χ0) is 30.3. The number of unbranched alkanes of at least 4 members (excludes halogenated alkanes) is 2. The Morgan fingerprint density at radius 3 is 2.12 bits per heavy atom. The number of hydrogen-bond acceptors (Lipinski definition) is 5. The number of carbonyl (C=O) groups excluding carboxylic acids is 2. The first-order valence-corrected chi connectivity index (χ1v) is 17.4. The van der Waals surface area contributed by atoms with Crippen molar-refractivity contribution in [3.05, 3.63) is 45.8 Å². The lowest BCUT2D eigenvalue weighted by Crippen LogP contribution is -2.50. The molecule has 0 saturated carbocycles. The molecule has 2 amide bonds. The van der Waals surface area contributed by atoms with E-state index in [4.69, 9.17) is 0 Å². The highest BCUT2D eigenvalue weighted by atomic mass is 32.1. The molecule has 2 aromatic heterocycles. The third kappa shape index (κ3) is 7.89. The molecule has 4 heterocycles. The summed E-state index contributed by atoms with van der Waals surface area (Å²) in [5, 5.41) is 1.20. The van der Waals surface area contributed by atoms with Gasteiger partial charge in [0.25, 0.3) is 5.91 Å². The first-order valence-electron chi connectivity index (χ1n) is 16.6. The molecular weight excluding hydrogens is 554 g/mol. The van der Waals surface area contributed by atoms with E-state index >= 15 is 0 Å². The summed E-state index contributed by atoms with van der Waals surface area (Å²) in [7, 11) is 0. The summed E-state index contributed by atoms with van der Waals surface area (Å²) in [6, 6.07) is 8.92. The van der Waals surface area contributed by atoms with Crippen LogP contribution in [0.4, 0.5) is 0 Å². The Morgan fingerprint density at radius 1 is 0.860 bits per heavy atom. The van der Waals surface area contributed by atoms with Crippen molar-refractivity contribution in [2.45, 2.75) is 72.6 Å². The molecule has 2 aliphatic heterocycles. The molecule has 0 atom stereocenters. The molecule has 234 valence electrons. The van der Waals surface area contributed by atoms with E-state index in [2.05, 4.69) is 71.6 Å². The van der Waals surface area contributed by atoms with Crippen molar-refractivity contribution in [2.75, 3.05) is 65.4 Å². The molecule has 0 bridgehead atoms. The molecule has 2 fully saturated rings. The maximum absolute atomic E-state index is 13.7. The number of nitrogens with one attached hydrogen (secondary N) is 1. The predicted molar refractivity (Wildman–Crippen MR) is 179 cm³/mol. The number of fused-ring (bicyclic) bond motifs is 1. The van der Waals surface area contributed by atoms with E-state index < -0.39 is 0 Å². The lowest BCUT2D eigenvalue weighted by molar-refractivity contribution is -0.131. The minimum Gasteiger partial charge on any atom is -0.346 e. The van der Waals surface area contributed by atoms with Crippen LogP contribution in [0.3, 0.4) is 0 Å². The molecule has 3 aromatic rings. The Bertz CT molecular complexity index is 1350. The van der Waals surface area contributed by atoms with Crippen LogP contribution in [0.1, 0.15) is 78.7 Å². The normalized spacial score (nSPS) is 16.4. The van der Waals surface area contributed by atoms with Gasteiger partial charge in [0.1, 0.15) is 4.83 Å². The second-order valence-corrected chi connectivity index (χ2v) is 13.7. The zero-order valence-electron chi connectivity index (χ0n) is 26.8. The Kier molecular flexibility index (Phi) is 11.0. The van der Waals surface area contributed by atoms with Gasteiger partial charge in [-0.2, -0.15) is 0 Å². The molecule has 0 aliphatic carbocycles. The molecule has 8 heteroatoms. The van der Waals surface area contributed by atoms with Gasteiger partial charge in [-0.25, -0.2) is 0 Å². The average molecular weight is 606 g/mol. The SMILES string of the molecule is CCCCN(CCCC)C(=O)c1cc2c(CCN3CCN(CC(=O)N4CCCC4)CC3)c(-c3cc(C)cc(C)c3)[nH]c2s1. The van der Waals surface area contributed by atoms with E-state index in [0.717, 1.165) is 114 Å². The summed E-state index contributed by atoms with van der Waals surface area (Å²) >= 11 is 1.61. The fraction of sp³-hybridized carbons (Fsp3) is 0.600. The Balaban J connectivity index is 1.32. The summed E-state index contributed by atoms with van der Waals surface area (Å²) in [4.78, 5) is 41.0. The number of rotatable bonds is 13. The number of aromatic nitrogens is 1. The topological polar surface area (TPSA) is 62.9 Å². The minimum atomic E-state index is 0.176. The lowest BCUT2D eigenvalue weighted by atomic mass is 9.99. The van der Waals surface area contributed by atoms with Crippen LogP contribution in [0.15, 0.2) is 24.3 Å². The number of carbonyl (C=O) groups is 2. The second kappa shape index (κ2) is 14.9. The smallest absolute Gasteiger partial charge is 0.264 e. The van der Waals surface area contributed by atoms with Gasteiger partial charge < -0.3 is 19.7 Å². The largest absolute Gasteiger partial charge is 0.346 e. The van der Waals surface area contributed by atoms with Crippen molar-refractivity contribution in [1.29, 1.82) is 0 Å². The third-order valence-corrected chi connectivity index (χ3v) is 10.2. The molecule has 7 nitrogen and oxygen atoms in total. The van der Waals surface area contributed by atoms with Crippen molar-refractivity contribution < 1.29 is 9.59 Å². The van der Waals surface area contributed by atoms with Crippen LogP contribution in [0.2, 0.25) is 0 Å². The van der Waals surface area contributed by atoms with Gasteiger partial charge in [-0.15, -0.1) is 11.3 Å². The van der Waals surface area contributed by atoms with E-state index in [1.165, 1.54) is 33.3 Å². The van der Waals surface area contributed by atoms with Gasteiger partial charge in [0, 0.05) is 64.3 Å². The summed E-state index contributed by atoms with van der Waals surface area (Å²) in [6.45, 7) is 17.6. The predicted octanol–water partition coefficient (Wildman–Crippen LogP) is 6.34. The number of piperazine rings is 1. The molecule has 0 radical (unpaired) electrons. The molecule has 5 rings (SSSR count). The monoisotopic (exact) mass is 605 g/mol. The number of aromatic amines is 1. The third-order valence-electron chi connectivity index (χ3n) is 9.13. The molecule has 0 spiro atoms. The molecular formula is C35H51N5O2S. The van der Waals surface area contributed by atoms with E-state index in [1.807, 2.05) is 4.90 Å². The number of amides is 2. The van der Waals surface area contributed by atoms with E-state index in [9.17, 15) is 9.59 Å². The number of aryl methyl sites for hydroxylation is 2. The van der Waals surface area contributed by atoms with E-state index in [1.54, 1.807) is 11.3 Å². The lowest BCUT2D eigenvalue weighted by Gasteiger charge is -2.35. The molecule has 2 saturated heterocycles. The Labute approximate surface area is 262 Å². The summed E-state index contributed by atoms with van der Waals surface area (Å²) in [5.41, 5.74) is 6.25. The van der Waals surface area contributed by atoms with Gasteiger partial charge in [0.2, 0.25) is 5.91 Å². The van der Waals surface area contributed by atoms with Crippen LogP contribution in [0.5, 0.6) is 0 Å². The Morgan fingerprint density at radius 2 is 1.49 bits per heavy atom. The standard InChI is InChI=1S/C35H51N5O2S/c1-5-7-12-40(13-8-6-2)35(42)31-24-30-29(33(36-34(30)43-31)28-22-26(3)21-27(4)23-28)11-16-37-17-19-38(20-18-37)25-32(41)39-14-9-10-15-39/h21-24,36H,5-20,25H2,1-4H3. The number of hydrogen-bond donors (Lipinski definition) is 1. The van der Waals surface area contributed by atoms with Crippen LogP contribution in [0.25, 0.3) is 21.5 Å². The quantitative estimate of drug-likeness (QED) is 0.247. The van der Waals surface area contributed by atoms with Crippen molar-refractivity contribution in [2.24, 2.45) is 0 Å². The molecule has 2 aliphatic rings. The van der Waals surface area contributed by atoms with Crippen molar-refractivity contribution in [1.82, 2.24) is 24.6 Å². The fourth-order valence-corrected chi connectivity index (χ4v) is 7.69. The summed E-state index contributed by atoms with van der Waals surface area (Å²) in [6.07, 6.45) is 7.48. The number of thiophene rings is 1. The number of H-pyrrole nitrogens is 1. The minimum absolute atomic E-state index is 0.176. The molecule has 1 aromatic carbocycles. The maximum Gasteiger partial charge on any atom is 0.264 e. The molecule has 0 unspecified atom stereocenters. The van der Waals surface area contributed by atoms with Gasteiger partial charge in [-0.1, -0.05) is 43.9 Å². The number of benzene rings is 1. The van der Waals surface area contributed by atoms with Crippen molar-refractivity contribution >= 4 is 33.4 Å². The van der Waals surface area contributed by atoms with Gasteiger partial charge >= 0.3 is 0 Å². The molecule has 43 heavy (non-hydrogen) atoms. The van der Waals surface area contributed by atoms with E-state index in [-0.39, 0.29) is 5.91 Å². The van der Waals surface area contributed by atoms with Gasteiger partial charge in [0.15, 0.2) is 0 Å². The average Bonchev–Trinajstić information content (AvgIpc) is 3.74. The summed E-state index contributed by atoms with van der Waals surface area (Å²) < 4.78 is 0. The highest BCUT2D eigenvalue weighted by Crippen LogP contribution is 2.37. The summed E-state index contributed by atoms with van der Waals surface area (Å²) in [5.74, 6) is 0.472.